The highest BCUT2D eigenvalue weighted by Crippen LogP contribution is 2.27. The Bertz CT molecular complexity index is 1040. The molecule has 7 nitrogen and oxygen atoms in total. The third-order valence-electron chi connectivity index (χ3n) is 5.92. The van der Waals surface area contributed by atoms with E-state index in [1.54, 1.807) is 45.0 Å². The molecule has 0 aliphatic heterocycles. The lowest BCUT2D eigenvalue weighted by atomic mass is 10.1. The van der Waals surface area contributed by atoms with Gasteiger partial charge in [-0.1, -0.05) is 24.3 Å². The third-order valence-corrected chi connectivity index (χ3v) is 8.08. The van der Waals surface area contributed by atoms with E-state index < -0.39 is 10.0 Å². The Balaban J connectivity index is 1.93. The molecule has 2 aromatic carbocycles. The summed E-state index contributed by atoms with van der Waals surface area (Å²) in [5.74, 6) is 0.523. The predicted octanol–water partition coefficient (Wildman–Crippen LogP) is 3.48. The highest BCUT2D eigenvalue weighted by Gasteiger charge is 2.26. The molecule has 0 heterocycles. The van der Waals surface area contributed by atoms with E-state index in [0.717, 1.165) is 24.9 Å². The lowest BCUT2D eigenvalue weighted by Crippen LogP contribution is -2.34. The van der Waals surface area contributed by atoms with E-state index in [4.69, 9.17) is 4.74 Å². The fourth-order valence-electron chi connectivity index (χ4n) is 3.93. The van der Waals surface area contributed by atoms with E-state index in [-0.39, 0.29) is 23.8 Å². The van der Waals surface area contributed by atoms with Crippen molar-refractivity contribution in [1.29, 1.82) is 0 Å². The summed E-state index contributed by atoms with van der Waals surface area (Å²) in [4.78, 5) is 16.8. The first-order valence-electron chi connectivity index (χ1n) is 11.5. The van der Waals surface area contributed by atoms with Gasteiger partial charge in [-0.15, -0.1) is 0 Å². The van der Waals surface area contributed by atoms with Crippen LogP contribution in [0.4, 0.5) is 0 Å². The van der Waals surface area contributed by atoms with Crippen molar-refractivity contribution in [2.45, 2.75) is 44.6 Å². The van der Waals surface area contributed by atoms with Crippen LogP contribution in [-0.2, 0) is 27.8 Å². The smallest absolute Gasteiger partial charge is 0.243 e. The Labute approximate surface area is 205 Å². The Hall–Kier alpha value is -2.42. The Morgan fingerprint density at radius 1 is 0.912 bits per heavy atom. The van der Waals surface area contributed by atoms with E-state index in [0.29, 0.717) is 23.4 Å². The van der Waals surface area contributed by atoms with Crippen molar-refractivity contribution in [3.8, 4) is 5.75 Å². The number of nitrogens with zero attached hydrogens (tertiary/aromatic N) is 3. The van der Waals surface area contributed by atoms with Crippen LogP contribution in [0.3, 0.4) is 0 Å². The molecule has 188 valence electrons. The van der Waals surface area contributed by atoms with Gasteiger partial charge in [-0.25, -0.2) is 12.7 Å². The summed E-state index contributed by atoms with van der Waals surface area (Å²) in [6.07, 6.45) is 2.25. The van der Waals surface area contributed by atoms with Crippen molar-refractivity contribution in [3.63, 3.8) is 0 Å². The van der Waals surface area contributed by atoms with Crippen LogP contribution < -0.4 is 4.74 Å². The number of aryl methyl sites for hydroxylation is 3. The maximum Gasteiger partial charge on any atom is 0.243 e. The van der Waals surface area contributed by atoms with E-state index in [1.807, 2.05) is 0 Å². The Morgan fingerprint density at radius 3 is 2.00 bits per heavy atom. The number of carbonyl (C=O) groups excluding carboxylic acids is 1. The molecule has 8 heteroatoms. The second-order valence-corrected chi connectivity index (χ2v) is 11.1. The minimum absolute atomic E-state index is 0.0970. The molecular weight excluding hydrogens is 450 g/mol. The van der Waals surface area contributed by atoms with Gasteiger partial charge in [-0.3, -0.25) is 4.79 Å². The van der Waals surface area contributed by atoms with Crippen molar-refractivity contribution in [2.24, 2.45) is 0 Å². The van der Waals surface area contributed by atoms with Gasteiger partial charge in [0.25, 0.3) is 0 Å². The van der Waals surface area contributed by atoms with Crippen LogP contribution in [-0.4, -0.2) is 76.8 Å². The maximum atomic E-state index is 13.1. The highest BCUT2D eigenvalue weighted by atomic mass is 32.2. The zero-order chi connectivity index (χ0) is 25.5. The number of carbonyl (C=O) groups is 1. The minimum Gasteiger partial charge on any atom is -0.497 e. The molecule has 0 saturated heterocycles. The average molecular weight is 490 g/mol. The third kappa shape index (κ3) is 7.55. The monoisotopic (exact) mass is 489 g/mol. The molecular formula is C26H39N3O4S. The van der Waals surface area contributed by atoms with Gasteiger partial charge < -0.3 is 14.5 Å². The van der Waals surface area contributed by atoms with Crippen LogP contribution in [0.25, 0.3) is 0 Å². The van der Waals surface area contributed by atoms with Gasteiger partial charge in [0.1, 0.15) is 5.75 Å². The first-order valence-corrected chi connectivity index (χ1v) is 13.0. The summed E-state index contributed by atoms with van der Waals surface area (Å²) >= 11 is 0. The standard InChI is InChI=1S/C26H39N3O4S/c1-20-17-24(33-7)18-21(2)26(20)34(31,32)29(6)16-14-25(30)28(5)19-23-12-10-22(11-13-23)9-8-15-27(3)4/h10-13,17-18H,8-9,14-16,19H2,1-7H3. The molecule has 0 unspecified atom stereocenters. The van der Waals surface area contributed by atoms with Gasteiger partial charge in [-0.05, 0) is 81.7 Å². The fraction of sp³-hybridized carbons (Fsp3) is 0.500. The van der Waals surface area contributed by atoms with Crippen LogP contribution in [0.1, 0.15) is 35.1 Å². The van der Waals surface area contributed by atoms with E-state index in [1.165, 1.54) is 16.9 Å². The zero-order valence-corrected chi connectivity index (χ0v) is 22.4. The summed E-state index contributed by atoms with van der Waals surface area (Å²) < 4.78 is 32.8. The minimum atomic E-state index is -3.72. The van der Waals surface area contributed by atoms with Crippen molar-refractivity contribution >= 4 is 15.9 Å². The number of sulfonamides is 1. The largest absolute Gasteiger partial charge is 0.497 e. The summed E-state index contributed by atoms with van der Waals surface area (Å²) in [5, 5.41) is 0. The molecule has 0 fully saturated rings. The van der Waals surface area contributed by atoms with Crippen molar-refractivity contribution < 1.29 is 17.9 Å². The second-order valence-electron chi connectivity index (χ2n) is 9.14. The molecule has 0 aliphatic rings. The lowest BCUT2D eigenvalue weighted by Gasteiger charge is -2.22. The van der Waals surface area contributed by atoms with Crippen molar-refractivity contribution in [3.05, 3.63) is 58.7 Å². The number of hydrogen-bond donors (Lipinski definition) is 0. The number of ether oxygens (including phenoxy) is 1. The number of amides is 1. The van der Waals surface area contributed by atoms with E-state index >= 15 is 0 Å². The van der Waals surface area contributed by atoms with Gasteiger partial charge in [0.05, 0.1) is 12.0 Å². The topological polar surface area (TPSA) is 70.2 Å². The van der Waals surface area contributed by atoms with Crippen LogP contribution >= 0.6 is 0 Å². The normalized spacial score (nSPS) is 11.8. The number of rotatable bonds is 12. The fourth-order valence-corrected chi connectivity index (χ4v) is 5.50. The van der Waals surface area contributed by atoms with Gasteiger partial charge >= 0.3 is 0 Å². The quantitative estimate of drug-likeness (QED) is 0.457. The number of methoxy groups -OCH3 is 1. The number of hydrogen-bond acceptors (Lipinski definition) is 5. The van der Waals surface area contributed by atoms with Crippen molar-refractivity contribution in [2.75, 3.05) is 48.4 Å². The molecule has 0 radical (unpaired) electrons. The summed E-state index contributed by atoms with van der Waals surface area (Å²) in [5.41, 5.74) is 3.59. The molecule has 0 aliphatic carbocycles. The van der Waals surface area contributed by atoms with Gasteiger partial charge in [0.15, 0.2) is 0 Å². The van der Waals surface area contributed by atoms with Crippen LogP contribution in [0.2, 0.25) is 0 Å². The van der Waals surface area contributed by atoms with Crippen molar-refractivity contribution in [1.82, 2.24) is 14.1 Å². The first-order chi connectivity index (χ1) is 15.9. The molecule has 34 heavy (non-hydrogen) atoms. The molecule has 0 bridgehead atoms. The van der Waals surface area contributed by atoms with E-state index in [2.05, 4.69) is 43.3 Å². The summed E-state index contributed by atoms with van der Waals surface area (Å²) in [7, 11) is 5.25. The second kappa shape index (κ2) is 12.3. The molecule has 1 amide bonds. The predicted molar refractivity (Wildman–Crippen MR) is 137 cm³/mol. The van der Waals surface area contributed by atoms with Crippen LogP contribution in [0.15, 0.2) is 41.3 Å². The zero-order valence-electron chi connectivity index (χ0n) is 21.6. The Morgan fingerprint density at radius 2 is 1.47 bits per heavy atom. The highest BCUT2D eigenvalue weighted by molar-refractivity contribution is 7.89. The maximum absolute atomic E-state index is 13.1. The van der Waals surface area contributed by atoms with Gasteiger partial charge in [-0.2, -0.15) is 0 Å². The van der Waals surface area contributed by atoms with Gasteiger partial charge in [0, 0.05) is 33.6 Å². The first kappa shape index (κ1) is 27.8. The Kier molecular flexibility index (Phi) is 10.1. The number of benzene rings is 2. The lowest BCUT2D eigenvalue weighted by molar-refractivity contribution is -0.130. The molecule has 2 rings (SSSR count). The molecule has 0 aromatic heterocycles. The SMILES string of the molecule is COc1cc(C)c(S(=O)(=O)N(C)CCC(=O)N(C)Cc2ccc(CCCN(C)C)cc2)c(C)c1. The summed E-state index contributed by atoms with van der Waals surface area (Å²) in [6.45, 7) is 5.16. The average Bonchev–Trinajstić information content (AvgIpc) is 2.77. The molecule has 0 saturated carbocycles. The summed E-state index contributed by atoms with van der Waals surface area (Å²) in [6, 6.07) is 11.8. The van der Waals surface area contributed by atoms with E-state index in [9.17, 15) is 13.2 Å². The van der Waals surface area contributed by atoms with Gasteiger partial charge in [0.2, 0.25) is 15.9 Å². The van der Waals surface area contributed by atoms with Crippen LogP contribution in [0.5, 0.6) is 5.75 Å². The molecule has 0 spiro atoms. The molecule has 0 N–H and O–H groups in total. The van der Waals surface area contributed by atoms with Crippen LogP contribution in [0, 0.1) is 13.8 Å². The molecule has 2 aromatic rings. The molecule has 0 atom stereocenters.